The molecule has 24 heavy (non-hydrogen) atoms. The lowest BCUT2D eigenvalue weighted by Gasteiger charge is -1.95. The van der Waals surface area contributed by atoms with Crippen LogP contribution in [0, 0.1) is 18.8 Å². The van der Waals surface area contributed by atoms with Gasteiger partial charge in [-0.1, -0.05) is 36.4 Å². The first-order valence-corrected chi connectivity index (χ1v) is 7.76. The Morgan fingerprint density at radius 1 is 0.875 bits per heavy atom. The summed E-state index contributed by atoms with van der Waals surface area (Å²) in [5.74, 6) is 6.97. The molecule has 0 saturated carbocycles. The van der Waals surface area contributed by atoms with Crippen LogP contribution in [-0.4, -0.2) is 18.9 Å². The molecule has 1 aromatic carbocycles. The molecule has 0 aliphatic carbocycles. The summed E-state index contributed by atoms with van der Waals surface area (Å²) < 4.78 is 3.98. The highest BCUT2D eigenvalue weighted by Gasteiger charge is 2.05. The standard InChI is InChI=1S/C20H16N4/c1-15-7-6-10-20-21-17(13-24(15)20)11-12-19-22-18(14-23(19)2)16-8-4-3-5-9-16/h3-10,13-14H,1-2H3. The van der Waals surface area contributed by atoms with Crippen molar-refractivity contribution in [2.45, 2.75) is 6.92 Å². The Morgan fingerprint density at radius 2 is 1.71 bits per heavy atom. The van der Waals surface area contributed by atoms with Crippen molar-refractivity contribution in [3.05, 3.63) is 78.1 Å². The predicted molar refractivity (Wildman–Crippen MR) is 94.6 cm³/mol. The van der Waals surface area contributed by atoms with Crippen LogP contribution >= 0.6 is 0 Å². The van der Waals surface area contributed by atoms with Gasteiger partial charge < -0.3 is 8.97 Å². The van der Waals surface area contributed by atoms with Gasteiger partial charge in [-0.15, -0.1) is 0 Å². The highest BCUT2D eigenvalue weighted by Crippen LogP contribution is 2.17. The Hall–Kier alpha value is -3.32. The van der Waals surface area contributed by atoms with Crippen LogP contribution in [0.1, 0.15) is 17.2 Å². The number of aryl methyl sites for hydroxylation is 2. The van der Waals surface area contributed by atoms with Crippen molar-refractivity contribution in [3.63, 3.8) is 0 Å². The van der Waals surface area contributed by atoms with E-state index >= 15 is 0 Å². The Kier molecular flexibility index (Phi) is 3.40. The maximum absolute atomic E-state index is 4.62. The zero-order chi connectivity index (χ0) is 16.5. The third-order valence-electron chi connectivity index (χ3n) is 3.94. The molecule has 0 atom stereocenters. The molecule has 0 saturated heterocycles. The summed E-state index contributed by atoms with van der Waals surface area (Å²) in [6.07, 6.45) is 3.95. The molecule has 3 heterocycles. The van der Waals surface area contributed by atoms with Gasteiger partial charge in [0.25, 0.3) is 0 Å². The molecule has 0 bridgehead atoms. The molecular weight excluding hydrogens is 296 g/mol. The fourth-order valence-electron chi connectivity index (χ4n) is 2.66. The van der Waals surface area contributed by atoms with Crippen molar-refractivity contribution in [1.29, 1.82) is 0 Å². The van der Waals surface area contributed by atoms with E-state index in [-0.39, 0.29) is 0 Å². The van der Waals surface area contributed by atoms with E-state index in [9.17, 15) is 0 Å². The van der Waals surface area contributed by atoms with E-state index in [0.29, 0.717) is 0 Å². The number of benzene rings is 1. The van der Waals surface area contributed by atoms with Gasteiger partial charge in [0.05, 0.1) is 5.69 Å². The molecule has 0 spiro atoms. The molecule has 4 heteroatoms. The molecule has 116 valence electrons. The number of rotatable bonds is 1. The summed E-state index contributed by atoms with van der Waals surface area (Å²) in [6, 6.07) is 16.1. The maximum atomic E-state index is 4.62. The Morgan fingerprint density at radius 3 is 2.50 bits per heavy atom. The summed E-state index contributed by atoms with van der Waals surface area (Å²) in [5, 5.41) is 0. The molecule has 0 aliphatic rings. The van der Waals surface area contributed by atoms with Gasteiger partial charge in [-0.3, -0.25) is 0 Å². The van der Waals surface area contributed by atoms with Crippen molar-refractivity contribution >= 4 is 5.65 Å². The Bertz CT molecular complexity index is 1080. The molecule has 0 fully saturated rings. The van der Waals surface area contributed by atoms with Gasteiger partial charge in [-0.25, -0.2) is 9.97 Å². The van der Waals surface area contributed by atoms with Gasteiger partial charge in [-0.05, 0) is 30.9 Å². The fourth-order valence-corrected chi connectivity index (χ4v) is 2.66. The molecule has 0 N–H and O–H groups in total. The van der Waals surface area contributed by atoms with Crippen LogP contribution in [0.2, 0.25) is 0 Å². The lowest BCUT2D eigenvalue weighted by Crippen LogP contribution is -1.90. The van der Waals surface area contributed by atoms with E-state index in [1.54, 1.807) is 0 Å². The second-order valence-electron chi connectivity index (χ2n) is 5.70. The molecule has 0 unspecified atom stereocenters. The minimum atomic E-state index is 0.725. The van der Waals surface area contributed by atoms with Crippen molar-refractivity contribution in [3.8, 4) is 23.1 Å². The summed E-state index contributed by atoms with van der Waals surface area (Å²) in [4.78, 5) is 9.16. The zero-order valence-electron chi connectivity index (χ0n) is 13.6. The molecule has 0 aliphatic heterocycles. The van der Waals surface area contributed by atoms with E-state index < -0.39 is 0 Å². The van der Waals surface area contributed by atoms with Gasteiger partial charge in [0.15, 0.2) is 5.82 Å². The van der Waals surface area contributed by atoms with Gasteiger partial charge in [0, 0.05) is 30.7 Å². The average Bonchev–Trinajstić information content (AvgIpc) is 3.18. The van der Waals surface area contributed by atoms with E-state index in [0.717, 1.165) is 34.1 Å². The number of imidazole rings is 2. The number of aromatic nitrogens is 4. The van der Waals surface area contributed by atoms with Crippen LogP contribution in [0.4, 0.5) is 0 Å². The van der Waals surface area contributed by atoms with Crippen LogP contribution in [-0.2, 0) is 7.05 Å². The van der Waals surface area contributed by atoms with Crippen molar-refractivity contribution in [2.24, 2.45) is 7.05 Å². The highest BCUT2D eigenvalue weighted by atomic mass is 15.0. The molecule has 4 nitrogen and oxygen atoms in total. The SMILES string of the molecule is Cc1cccc2nc(C#Cc3nc(-c4ccccc4)cn3C)cn12. The predicted octanol–water partition coefficient (Wildman–Crippen LogP) is 3.44. The van der Waals surface area contributed by atoms with E-state index in [1.807, 2.05) is 70.9 Å². The lowest BCUT2D eigenvalue weighted by molar-refractivity contribution is 0.893. The second-order valence-corrected chi connectivity index (χ2v) is 5.70. The van der Waals surface area contributed by atoms with Gasteiger partial charge in [-0.2, -0.15) is 0 Å². The van der Waals surface area contributed by atoms with Crippen LogP contribution in [0.25, 0.3) is 16.9 Å². The van der Waals surface area contributed by atoms with Gasteiger partial charge in [0.2, 0.25) is 0 Å². The van der Waals surface area contributed by atoms with Crippen molar-refractivity contribution in [1.82, 2.24) is 18.9 Å². The third-order valence-corrected chi connectivity index (χ3v) is 3.94. The molecule has 3 aromatic heterocycles. The summed E-state index contributed by atoms with van der Waals surface area (Å²) in [6.45, 7) is 2.05. The number of fused-ring (bicyclic) bond motifs is 1. The quantitative estimate of drug-likeness (QED) is 0.505. The third kappa shape index (κ3) is 2.57. The summed E-state index contributed by atoms with van der Waals surface area (Å²) >= 11 is 0. The Labute approximate surface area is 140 Å². The van der Waals surface area contributed by atoms with Gasteiger partial charge >= 0.3 is 0 Å². The molecule has 4 rings (SSSR count). The summed E-state index contributed by atoms with van der Waals surface area (Å²) in [5.41, 5.74) is 4.80. The lowest BCUT2D eigenvalue weighted by atomic mass is 10.2. The van der Waals surface area contributed by atoms with E-state index in [1.165, 1.54) is 0 Å². The minimum absolute atomic E-state index is 0.725. The highest BCUT2D eigenvalue weighted by molar-refractivity contribution is 5.59. The smallest absolute Gasteiger partial charge is 0.186 e. The number of pyridine rings is 1. The first kappa shape index (κ1) is 14.3. The van der Waals surface area contributed by atoms with E-state index in [4.69, 9.17) is 0 Å². The number of hydrogen-bond donors (Lipinski definition) is 0. The number of nitrogens with zero attached hydrogens (tertiary/aromatic N) is 4. The first-order valence-electron chi connectivity index (χ1n) is 7.76. The minimum Gasteiger partial charge on any atom is -0.327 e. The monoisotopic (exact) mass is 312 g/mol. The molecule has 0 amide bonds. The van der Waals surface area contributed by atoms with Gasteiger partial charge in [0.1, 0.15) is 11.3 Å². The van der Waals surface area contributed by atoms with Crippen LogP contribution in [0.15, 0.2) is 60.9 Å². The average molecular weight is 312 g/mol. The number of hydrogen-bond acceptors (Lipinski definition) is 2. The zero-order valence-corrected chi connectivity index (χ0v) is 13.6. The molecule has 4 aromatic rings. The largest absolute Gasteiger partial charge is 0.327 e. The van der Waals surface area contributed by atoms with Crippen LogP contribution in [0.5, 0.6) is 0 Å². The molecule has 0 radical (unpaired) electrons. The molecular formula is C20H16N4. The van der Waals surface area contributed by atoms with Crippen molar-refractivity contribution in [2.75, 3.05) is 0 Å². The fraction of sp³-hybridized carbons (Fsp3) is 0.100. The Balaban J connectivity index is 1.70. The second kappa shape index (κ2) is 5.71. The van der Waals surface area contributed by atoms with Crippen molar-refractivity contribution < 1.29 is 0 Å². The van der Waals surface area contributed by atoms with E-state index in [2.05, 4.69) is 34.8 Å². The van der Waals surface area contributed by atoms with Crippen LogP contribution < -0.4 is 0 Å². The van der Waals surface area contributed by atoms with Crippen LogP contribution in [0.3, 0.4) is 0 Å². The maximum Gasteiger partial charge on any atom is 0.186 e. The summed E-state index contributed by atoms with van der Waals surface area (Å²) in [7, 11) is 1.96. The normalized spacial score (nSPS) is 10.6. The topological polar surface area (TPSA) is 35.1 Å². The first-order chi connectivity index (χ1) is 11.7.